The maximum atomic E-state index is 11.8. The zero-order valence-electron chi connectivity index (χ0n) is 9.54. The summed E-state index contributed by atoms with van der Waals surface area (Å²) in [5.74, 6) is -0.124. The van der Waals surface area contributed by atoms with Crippen LogP contribution in [0.4, 0.5) is 0 Å². The first-order valence-corrected chi connectivity index (χ1v) is 6.21. The highest BCUT2D eigenvalue weighted by atomic mass is 32.1. The van der Waals surface area contributed by atoms with Crippen LogP contribution in [0.5, 0.6) is 0 Å². The molecule has 2 N–H and O–H groups in total. The van der Waals surface area contributed by atoms with Crippen LogP contribution in [0.25, 0.3) is 0 Å². The van der Waals surface area contributed by atoms with Gasteiger partial charge in [-0.3, -0.25) is 4.79 Å². The number of nitrogens with zero attached hydrogens (tertiary/aromatic N) is 1. The average Bonchev–Trinajstić information content (AvgIpc) is 2.96. The molecule has 1 fully saturated rings. The van der Waals surface area contributed by atoms with Gasteiger partial charge in [-0.05, 0) is 26.7 Å². The topological polar surface area (TPSA) is 62.2 Å². The summed E-state index contributed by atoms with van der Waals surface area (Å²) in [4.78, 5) is 17.0. The lowest BCUT2D eigenvalue weighted by Gasteiger charge is -2.11. The van der Waals surface area contributed by atoms with Gasteiger partial charge >= 0.3 is 0 Å². The third-order valence-electron chi connectivity index (χ3n) is 3.04. The highest BCUT2D eigenvalue weighted by Gasteiger charge is 2.42. The van der Waals surface area contributed by atoms with Gasteiger partial charge in [-0.2, -0.15) is 0 Å². The molecule has 0 radical (unpaired) electrons. The smallest absolute Gasteiger partial charge is 0.271 e. The molecule has 1 saturated carbocycles. The van der Waals surface area contributed by atoms with Crippen molar-refractivity contribution in [3.8, 4) is 0 Å². The van der Waals surface area contributed by atoms with Crippen molar-refractivity contribution in [3.63, 3.8) is 0 Å². The molecule has 5 heteroatoms. The number of thiazole rings is 1. The summed E-state index contributed by atoms with van der Waals surface area (Å²) in [6, 6.07) is 0. The van der Waals surface area contributed by atoms with Gasteiger partial charge in [-0.15, -0.1) is 11.3 Å². The van der Waals surface area contributed by atoms with E-state index in [9.17, 15) is 4.79 Å². The normalized spacial score (nSPS) is 17.2. The van der Waals surface area contributed by atoms with E-state index in [1.807, 2.05) is 13.8 Å². The first kappa shape index (κ1) is 11.5. The molecular weight excluding hydrogens is 224 g/mol. The molecule has 0 atom stereocenters. The number of carbonyl (C=O) groups is 1. The van der Waals surface area contributed by atoms with Crippen molar-refractivity contribution in [2.75, 3.05) is 13.2 Å². The number of aryl methyl sites for hydroxylation is 2. The maximum absolute atomic E-state index is 11.8. The molecule has 0 saturated heterocycles. The lowest BCUT2D eigenvalue weighted by Crippen LogP contribution is -2.32. The van der Waals surface area contributed by atoms with Crippen molar-refractivity contribution in [1.29, 1.82) is 0 Å². The Morgan fingerprint density at radius 2 is 2.25 bits per heavy atom. The number of aromatic nitrogens is 1. The van der Waals surface area contributed by atoms with E-state index >= 15 is 0 Å². The molecule has 1 aliphatic carbocycles. The van der Waals surface area contributed by atoms with Gasteiger partial charge in [0.15, 0.2) is 0 Å². The third kappa shape index (κ3) is 2.25. The largest absolute Gasteiger partial charge is 0.396 e. The second kappa shape index (κ2) is 4.14. The minimum Gasteiger partial charge on any atom is -0.396 e. The lowest BCUT2D eigenvalue weighted by molar-refractivity contribution is 0.0930. The van der Waals surface area contributed by atoms with E-state index in [0.717, 1.165) is 22.7 Å². The van der Waals surface area contributed by atoms with Gasteiger partial charge in [0.1, 0.15) is 5.69 Å². The zero-order valence-corrected chi connectivity index (χ0v) is 10.4. The second-order valence-corrected chi connectivity index (χ2v) is 5.89. The van der Waals surface area contributed by atoms with Gasteiger partial charge in [0, 0.05) is 16.8 Å². The lowest BCUT2D eigenvalue weighted by atomic mass is 10.1. The molecule has 1 aromatic heterocycles. The van der Waals surface area contributed by atoms with Gasteiger partial charge in [-0.25, -0.2) is 4.98 Å². The third-order valence-corrected chi connectivity index (χ3v) is 3.92. The van der Waals surface area contributed by atoms with Crippen molar-refractivity contribution in [2.45, 2.75) is 26.7 Å². The Morgan fingerprint density at radius 3 is 2.69 bits per heavy atom. The van der Waals surface area contributed by atoms with E-state index in [0.29, 0.717) is 12.2 Å². The predicted molar refractivity (Wildman–Crippen MR) is 62.7 cm³/mol. The Bertz CT molecular complexity index is 410. The minimum absolute atomic E-state index is 0.0470. The van der Waals surface area contributed by atoms with Crippen LogP contribution >= 0.6 is 11.3 Å². The van der Waals surface area contributed by atoms with Crippen molar-refractivity contribution >= 4 is 17.2 Å². The van der Waals surface area contributed by atoms with Crippen molar-refractivity contribution in [2.24, 2.45) is 5.41 Å². The Labute approximate surface area is 98.7 Å². The number of nitrogens with one attached hydrogen (secondary N) is 1. The molecule has 0 aromatic carbocycles. The Hall–Kier alpha value is -0.940. The number of rotatable bonds is 4. The van der Waals surface area contributed by atoms with Gasteiger partial charge < -0.3 is 10.4 Å². The van der Waals surface area contributed by atoms with Gasteiger partial charge in [0.2, 0.25) is 0 Å². The van der Waals surface area contributed by atoms with E-state index in [1.165, 1.54) is 11.3 Å². The number of hydrogen-bond donors (Lipinski definition) is 2. The molecule has 1 amide bonds. The van der Waals surface area contributed by atoms with Gasteiger partial charge in [0.05, 0.1) is 11.6 Å². The molecule has 2 rings (SSSR count). The average molecular weight is 240 g/mol. The second-order valence-electron chi connectivity index (χ2n) is 4.48. The summed E-state index contributed by atoms with van der Waals surface area (Å²) in [5, 5.41) is 12.9. The van der Waals surface area contributed by atoms with E-state index < -0.39 is 0 Å². The number of aliphatic hydroxyl groups is 1. The van der Waals surface area contributed by atoms with Crippen LogP contribution in [0.2, 0.25) is 0 Å². The number of aliphatic hydroxyl groups excluding tert-OH is 1. The number of carbonyl (C=O) groups excluding carboxylic acids is 1. The van der Waals surface area contributed by atoms with E-state index in [4.69, 9.17) is 5.11 Å². The molecule has 0 unspecified atom stereocenters. The SMILES string of the molecule is Cc1nc(C(=O)NCC2(CO)CC2)c(C)s1. The first-order chi connectivity index (χ1) is 7.56. The van der Waals surface area contributed by atoms with Crippen molar-refractivity contribution in [1.82, 2.24) is 10.3 Å². The van der Waals surface area contributed by atoms with Crippen LogP contribution in [0.3, 0.4) is 0 Å². The fraction of sp³-hybridized carbons (Fsp3) is 0.636. The summed E-state index contributed by atoms with van der Waals surface area (Å²) in [6.07, 6.45) is 2.00. The molecule has 0 bridgehead atoms. The number of amides is 1. The fourth-order valence-electron chi connectivity index (χ4n) is 1.66. The summed E-state index contributed by atoms with van der Waals surface area (Å²) >= 11 is 1.53. The summed E-state index contributed by atoms with van der Waals surface area (Å²) in [6.45, 7) is 4.50. The monoisotopic (exact) mass is 240 g/mol. The predicted octanol–water partition coefficient (Wildman–Crippen LogP) is 1.26. The Morgan fingerprint density at radius 1 is 1.56 bits per heavy atom. The maximum Gasteiger partial charge on any atom is 0.271 e. The molecule has 1 aromatic rings. The van der Waals surface area contributed by atoms with Crippen LogP contribution in [-0.4, -0.2) is 29.1 Å². The van der Waals surface area contributed by atoms with Crippen molar-refractivity contribution < 1.29 is 9.90 Å². The Kier molecular flexibility index (Phi) is 2.99. The summed E-state index contributed by atoms with van der Waals surface area (Å²) in [7, 11) is 0. The molecule has 88 valence electrons. The van der Waals surface area contributed by atoms with Crippen LogP contribution < -0.4 is 5.32 Å². The zero-order chi connectivity index (χ0) is 11.8. The molecular formula is C11H16N2O2S. The van der Waals surface area contributed by atoms with Crippen LogP contribution in [0, 0.1) is 19.3 Å². The molecule has 0 aliphatic heterocycles. The molecule has 0 spiro atoms. The fourth-order valence-corrected chi connectivity index (χ4v) is 2.47. The highest BCUT2D eigenvalue weighted by Crippen LogP contribution is 2.44. The minimum atomic E-state index is -0.124. The number of hydrogen-bond acceptors (Lipinski definition) is 4. The van der Waals surface area contributed by atoms with E-state index in [-0.39, 0.29) is 17.9 Å². The molecule has 4 nitrogen and oxygen atoms in total. The molecule has 1 aliphatic rings. The highest BCUT2D eigenvalue weighted by molar-refractivity contribution is 7.11. The standard InChI is InChI=1S/C11H16N2O2S/c1-7-9(13-8(2)16-7)10(15)12-5-11(6-14)3-4-11/h14H,3-6H2,1-2H3,(H,12,15). The Balaban J connectivity index is 1.96. The van der Waals surface area contributed by atoms with Crippen LogP contribution in [0.1, 0.15) is 33.2 Å². The van der Waals surface area contributed by atoms with Gasteiger partial charge in [-0.1, -0.05) is 0 Å². The van der Waals surface area contributed by atoms with E-state index in [1.54, 1.807) is 0 Å². The summed E-state index contributed by atoms with van der Waals surface area (Å²) in [5.41, 5.74) is 0.477. The first-order valence-electron chi connectivity index (χ1n) is 5.39. The van der Waals surface area contributed by atoms with Crippen LogP contribution in [0.15, 0.2) is 0 Å². The van der Waals surface area contributed by atoms with Crippen LogP contribution in [-0.2, 0) is 0 Å². The molecule has 1 heterocycles. The molecule has 16 heavy (non-hydrogen) atoms. The van der Waals surface area contributed by atoms with Crippen molar-refractivity contribution in [3.05, 3.63) is 15.6 Å². The quantitative estimate of drug-likeness (QED) is 0.833. The summed E-state index contributed by atoms with van der Waals surface area (Å²) < 4.78 is 0. The van der Waals surface area contributed by atoms with Gasteiger partial charge in [0.25, 0.3) is 5.91 Å². The van der Waals surface area contributed by atoms with E-state index in [2.05, 4.69) is 10.3 Å².